The Morgan fingerprint density at radius 1 is 1.39 bits per heavy atom. The van der Waals surface area contributed by atoms with Crippen molar-refractivity contribution in [3.05, 3.63) is 17.7 Å². The first-order valence-electron chi connectivity index (χ1n) is 6.02. The summed E-state index contributed by atoms with van der Waals surface area (Å²) in [6, 6.07) is 3.70. The van der Waals surface area contributed by atoms with Crippen LogP contribution in [0.25, 0.3) is 0 Å². The summed E-state index contributed by atoms with van der Waals surface area (Å²) in [4.78, 5) is 11.5. The van der Waals surface area contributed by atoms with Crippen molar-refractivity contribution in [1.29, 1.82) is 0 Å². The van der Waals surface area contributed by atoms with E-state index in [1.54, 1.807) is 7.11 Å². The molecule has 1 amide bonds. The number of carbonyl (C=O) groups is 1. The molecule has 2 aliphatic heterocycles. The molecule has 1 aromatic rings. The Bertz CT molecular complexity index is 482. The second-order valence-electron chi connectivity index (χ2n) is 4.43. The maximum absolute atomic E-state index is 11.5. The maximum Gasteiger partial charge on any atom is 0.224 e. The van der Waals surface area contributed by atoms with Gasteiger partial charge in [-0.2, -0.15) is 0 Å². The number of hydrogen-bond donors (Lipinski definition) is 1. The van der Waals surface area contributed by atoms with Crippen LogP contribution < -0.4 is 14.8 Å². The molecule has 1 atom stereocenters. The monoisotopic (exact) mass is 249 g/mol. The smallest absolute Gasteiger partial charge is 0.224 e. The molecule has 3 rings (SSSR count). The fourth-order valence-corrected chi connectivity index (χ4v) is 2.09. The van der Waals surface area contributed by atoms with Gasteiger partial charge in [-0.1, -0.05) is 0 Å². The average molecular weight is 249 g/mol. The van der Waals surface area contributed by atoms with Crippen LogP contribution in [0.1, 0.15) is 12.0 Å². The summed E-state index contributed by atoms with van der Waals surface area (Å²) < 4.78 is 16.1. The number of amides is 1. The van der Waals surface area contributed by atoms with Gasteiger partial charge in [-0.3, -0.25) is 4.79 Å². The minimum atomic E-state index is 0.0171. The van der Waals surface area contributed by atoms with E-state index >= 15 is 0 Å². The van der Waals surface area contributed by atoms with Gasteiger partial charge in [-0.25, -0.2) is 0 Å². The number of rotatable bonds is 4. The highest BCUT2D eigenvalue weighted by atomic mass is 16.6. The predicted octanol–water partition coefficient (Wildman–Crippen LogP) is 1.36. The molecule has 96 valence electrons. The predicted molar refractivity (Wildman–Crippen MR) is 65.2 cm³/mol. The summed E-state index contributed by atoms with van der Waals surface area (Å²) in [5.74, 6) is 1.50. The Morgan fingerprint density at radius 2 is 2.17 bits per heavy atom. The molecule has 0 saturated carbocycles. The van der Waals surface area contributed by atoms with Crippen molar-refractivity contribution >= 4 is 11.6 Å². The average Bonchev–Trinajstić information content (AvgIpc) is 3.19. The first-order chi connectivity index (χ1) is 8.78. The molecule has 2 heterocycles. The fourth-order valence-electron chi connectivity index (χ4n) is 2.09. The molecule has 5 heteroatoms. The van der Waals surface area contributed by atoms with Crippen molar-refractivity contribution < 1.29 is 19.0 Å². The second-order valence-corrected chi connectivity index (χ2v) is 4.43. The maximum atomic E-state index is 11.5. The lowest BCUT2D eigenvalue weighted by Crippen LogP contribution is -2.20. The number of benzene rings is 1. The molecule has 2 aliphatic rings. The van der Waals surface area contributed by atoms with Crippen LogP contribution in [0.2, 0.25) is 0 Å². The summed E-state index contributed by atoms with van der Waals surface area (Å²) in [6.07, 6.45) is 1.39. The molecule has 1 aromatic carbocycles. The van der Waals surface area contributed by atoms with Crippen molar-refractivity contribution in [1.82, 2.24) is 0 Å². The van der Waals surface area contributed by atoms with Crippen molar-refractivity contribution in [3.63, 3.8) is 0 Å². The SMILES string of the molecule is COc1ccc(OCC2CO2)c2c1NC(=O)CC2. The zero-order chi connectivity index (χ0) is 12.5. The highest BCUT2D eigenvalue weighted by Gasteiger charge is 2.26. The van der Waals surface area contributed by atoms with Crippen LogP contribution in [-0.4, -0.2) is 32.3 Å². The number of nitrogens with one attached hydrogen (secondary N) is 1. The highest BCUT2D eigenvalue weighted by molar-refractivity contribution is 5.96. The fraction of sp³-hybridized carbons (Fsp3) is 0.462. The van der Waals surface area contributed by atoms with E-state index in [1.165, 1.54) is 0 Å². The number of ether oxygens (including phenoxy) is 3. The van der Waals surface area contributed by atoms with E-state index in [4.69, 9.17) is 14.2 Å². The summed E-state index contributed by atoms with van der Waals surface area (Å²) in [6.45, 7) is 1.34. The number of hydrogen-bond acceptors (Lipinski definition) is 4. The Hall–Kier alpha value is -1.75. The lowest BCUT2D eigenvalue weighted by molar-refractivity contribution is -0.116. The zero-order valence-electron chi connectivity index (χ0n) is 10.2. The van der Waals surface area contributed by atoms with Crippen molar-refractivity contribution in [2.75, 3.05) is 25.6 Å². The van der Waals surface area contributed by atoms with Gasteiger partial charge in [0.25, 0.3) is 0 Å². The Kier molecular flexibility index (Phi) is 2.83. The van der Waals surface area contributed by atoms with Gasteiger partial charge in [0.15, 0.2) is 0 Å². The number of anilines is 1. The minimum absolute atomic E-state index is 0.0171. The summed E-state index contributed by atoms with van der Waals surface area (Å²) >= 11 is 0. The molecule has 1 fully saturated rings. The van der Waals surface area contributed by atoms with Crippen LogP contribution in [0, 0.1) is 0 Å². The van der Waals surface area contributed by atoms with E-state index in [2.05, 4.69) is 5.32 Å². The number of methoxy groups -OCH3 is 1. The molecule has 1 N–H and O–H groups in total. The van der Waals surface area contributed by atoms with Crippen LogP contribution in [0.15, 0.2) is 12.1 Å². The Balaban J connectivity index is 1.89. The largest absolute Gasteiger partial charge is 0.495 e. The van der Waals surface area contributed by atoms with Gasteiger partial charge in [0.1, 0.15) is 24.2 Å². The normalized spacial score (nSPS) is 20.9. The molecular formula is C13H15NO4. The third kappa shape index (κ3) is 2.13. The van der Waals surface area contributed by atoms with Crippen molar-refractivity contribution in [3.8, 4) is 11.5 Å². The first kappa shape index (κ1) is 11.3. The minimum Gasteiger partial charge on any atom is -0.495 e. The van der Waals surface area contributed by atoms with E-state index in [9.17, 15) is 4.79 Å². The second kappa shape index (κ2) is 4.49. The van der Waals surface area contributed by atoms with Gasteiger partial charge in [0.2, 0.25) is 5.91 Å². The Labute approximate surface area is 105 Å². The van der Waals surface area contributed by atoms with Gasteiger partial charge in [-0.15, -0.1) is 0 Å². The van der Waals surface area contributed by atoms with Crippen molar-refractivity contribution in [2.45, 2.75) is 18.9 Å². The molecule has 0 aromatic heterocycles. The van der Waals surface area contributed by atoms with Gasteiger partial charge in [-0.05, 0) is 18.6 Å². The quantitative estimate of drug-likeness (QED) is 0.818. The number of epoxide rings is 1. The molecular weight excluding hydrogens is 234 g/mol. The van der Waals surface area contributed by atoms with Crippen LogP contribution in [0.3, 0.4) is 0 Å². The molecule has 1 unspecified atom stereocenters. The Morgan fingerprint density at radius 3 is 2.89 bits per heavy atom. The first-order valence-corrected chi connectivity index (χ1v) is 6.02. The van der Waals surface area contributed by atoms with E-state index in [0.29, 0.717) is 25.2 Å². The molecule has 0 aliphatic carbocycles. The third-order valence-corrected chi connectivity index (χ3v) is 3.15. The van der Waals surface area contributed by atoms with Crippen LogP contribution >= 0.6 is 0 Å². The molecule has 5 nitrogen and oxygen atoms in total. The lowest BCUT2D eigenvalue weighted by Gasteiger charge is -2.22. The summed E-state index contributed by atoms with van der Waals surface area (Å²) in [5, 5.41) is 2.85. The van der Waals surface area contributed by atoms with E-state index < -0.39 is 0 Å². The van der Waals surface area contributed by atoms with Crippen LogP contribution in [0.5, 0.6) is 11.5 Å². The van der Waals surface area contributed by atoms with Gasteiger partial charge < -0.3 is 19.5 Å². The van der Waals surface area contributed by atoms with Crippen LogP contribution in [0.4, 0.5) is 5.69 Å². The standard InChI is InChI=1S/C13H15NO4/c1-16-11-4-3-10(18-7-8-6-17-8)9-2-5-12(15)14-13(9)11/h3-4,8H,2,5-7H2,1H3,(H,14,15). The van der Waals surface area contributed by atoms with Gasteiger partial charge in [0.05, 0.1) is 19.4 Å². The van der Waals surface area contributed by atoms with Gasteiger partial charge >= 0.3 is 0 Å². The van der Waals surface area contributed by atoms with Crippen molar-refractivity contribution in [2.24, 2.45) is 0 Å². The molecule has 0 radical (unpaired) electrons. The summed E-state index contributed by atoms with van der Waals surface area (Å²) in [7, 11) is 1.59. The molecule has 0 spiro atoms. The third-order valence-electron chi connectivity index (χ3n) is 3.15. The lowest BCUT2D eigenvalue weighted by atomic mass is 10.0. The highest BCUT2D eigenvalue weighted by Crippen LogP contribution is 2.38. The van der Waals surface area contributed by atoms with E-state index in [-0.39, 0.29) is 12.0 Å². The number of carbonyl (C=O) groups excluding carboxylic acids is 1. The van der Waals surface area contributed by atoms with E-state index in [0.717, 1.165) is 23.6 Å². The molecule has 0 bridgehead atoms. The summed E-state index contributed by atoms with van der Waals surface area (Å²) in [5.41, 5.74) is 1.75. The zero-order valence-corrected chi connectivity index (χ0v) is 10.2. The van der Waals surface area contributed by atoms with Gasteiger partial charge in [0, 0.05) is 12.0 Å². The van der Waals surface area contributed by atoms with E-state index in [1.807, 2.05) is 12.1 Å². The van der Waals surface area contributed by atoms with Crippen LogP contribution in [-0.2, 0) is 16.0 Å². The molecule has 18 heavy (non-hydrogen) atoms. The topological polar surface area (TPSA) is 60.1 Å². The number of fused-ring (bicyclic) bond motifs is 1. The molecule has 1 saturated heterocycles.